The average Bonchev–Trinajstić information content (AvgIpc) is 2.55. The van der Waals surface area contributed by atoms with Crippen molar-refractivity contribution >= 4 is 17.5 Å². The van der Waals surface area contributed by atoms with Crippen molar-refractivity contribution in [2.45, 2.75) is 53.2 Å². The quantitative estimate of drug-likeness (QED) is 0.760. The van der Waals surface area contributed by atoms with Gasteiger partial charge in [0, 0.05) is 5.02 Å². The van der Waals surface area contributed by atoms with Crippen LogP contribution in [0.1, 0.15) is 48.6 Å². The first kappa shape index (κ1) is 19.3. The van der Waals surface area contributed by atoms with Crippen molar-refractivity contribution in [1.82, 2.24) is 5.32 Å². The molecule has 0 heterocycles. The number of benzene rings is 2. The second kappa shape index (κ2) is 8.39. The maximum absolute atomic E-state index is 12.6. The lowest BCUT2D eigenvalue weighted by Crippen LogP contribution is -2.39. The molecule has 1 N–H and O–H groups in total. The van der Waals surface area contributed by atoms with E-state index in [0.29, 0.717) is 17.2 Å². The molecule has 2 aromatic rings. The molecule has 2 rings (SSSR count). The summed E-state index contributed by atoms with van der Waals surface area (Å²) >= 11 is 6.04. The van der Waals surface area contributed by atoms with Gasteiger partial charge in [-0.2, -0.15) is 0 Å². The van der Waals surface area contributed by atoms with Gasteiger partial charge in [0.1, 0.15) is 5.75 Å². The molecule has 0 fully saturated rings. The zero-order valence-corrected chi connectivity index (χ0v) is 16.3. The fraction of sp³-hybridized carbons (Fsp3) is 0.381. The standard InChI is InChI=1S/C21H26ClNO2/c1-6-20(25-17-8-10-19(22)15(4)12-17)21(24)23-16(5)18-9-7-13(2)11-14(18)3/h7-12,16,20H,6H2,1-5H3,(H,23,24). The van der Waals surface area contributed by atoms with E-state index in [9.17, 15) is 4.79 Å². The largest absolute Gasteiger partial charge is 0.481 e. The van der Waals surface area contributed by atoms with Crippen molar-refractivity contribution in [3.63, 3.8) is 0 Å². The number of carbonyl (C=O) groups is 1. The Morgan fingerprint density at radius 3 is 2.44 bits per heavy atom. The van der Waals surface area contributed by atoms with Crippen LogP contribution in [-0.4, -0.2) is 12.0 Å². The highest BCUT2D eigenvalue weighted by atomic mass is 35.5. The summed E-state index contributed by atoms with van der Waals surface area (Å²) in [5.41, 5.74) is 4.44. The molecule has 2 aromatic carbocycles. The van der Waals surface area contributed by atoms with Crippen molar-refractivity contribution < 1.29 is 9.53 Å². The summed E-state index contributed by atoms with van der Waals surface area (Å²) in [7, 11) is 0. The van der Waals surface area contributed by atoms with Crippen LogP contribution in [0.2, 0.25) is 5.02 Å². The van der Waals surface area contributed by atoms with Gasteiger partial charge in [-0.25, -0.2) is 0 Å². The molecule has 2 unspecified atom stereocenters. The van der Waals surface area contributed by atoms with Crippen molar-refractivity contribution in [3.8, 4) is 5.75 Å². The van der Waals surface area contributed by atoms with E-state index in [4.69, 9.17) is 16.3 Å². The van der Waals surface area contributed by atoms with Crippen molar-refractivity contribution in [2.75, 3.05) is 0 Å². The Kier molecular flexibility index (Phi) is 6.49. The fourth-order valence-electron chi connectivity index (χ4n) is 2.87. The van der Waals surface area contributed by atoms with Crippen LogP contribution in [0.5, 0.6) is 5.75 Å². The monoisotopic (exact) mass is 359 g/mol. The number of amides is 1. The van der Waals surface area contributed by atoms with Crippen LogP contribution in [0.15, 0.2) is 36.4 Å². The minimum Gasteiger partial charge on any atom is -0.481 e. The molecular weight excluding hydrogens is 334 g/mol. The summed E-state index contributed by atoms with van der Waals surface area (Å²) in [6, 6.07) is 11.6. The Morgan fingerprint density at radius 1 is 1.12 bits per heavy atom. The summed E-state index contributed by atoms with van der Waals surface area (Å²) in [5.74, 6) is 0.547. The van der Waals surface area contributed by atoms with Gasteiger partial charge in [-0.1, -0.05) is 42.3 Å². The summed E-state index contributed by atoms with van der Waals surface area (Å²) in [4.78, 5) is 12.6. The third-order valence-corrected chi connectivity index (χ3v) is 4.75. The molecule has 0 bridgehead atoms. The number of nitrogens with one attached hydrogen (secondary N) is 1. The van der Waals surface area contributed by atoms with Gasteiger partial charge in [0.05, 0.1) is 6.04 Å². The van der Waals surface area contributed by atoms with Gasteiger partial charge in [0.2, 0.25) is 0 Å². The Bertz CT molecular complexity index is 758. The Hall–Kier alpha value is -2.00. The molecule has 3 nitrogen and oxygen atoms in total. The fourth-order valence-corrected chi connectivity index (χ4v) is 2.99. The molecule has 25 heavy (non-hydrogen) atoms. The highest BCUT2D eigenvalue weighted by Gasteiger charge is 2.21. The Balaban J connectivity index is 2.07. The third kappa shape index (κ3) is 4.99. The van der Waals surface area contributed by atoms with Crippen LogP contribution < -0.4 is 10.1 Å². The normalized spacial score (nSPS) is 13.2. The minimum atomic E-state index is -0.534. The van der Waals surface area contributed by atoms with E-state index in [2.05, 4.69) is 37.4 Å². The molecule has 0 aliphatic carbocycles. The zero-order valence-electron chi connectivity index (χ0n) is 15.5. The average molecular weight is 360 g/mol. The number of hydrogen-bond donors (Lipinski definition) is 1. The first-order valence-electron chi connectivity index (χ1n) is 8.62. The van der Waals surface area contributed by atoms with Gasteiger partial charge in [0.15, 0.2) is 6.10 Å². The van der Waals surface area contributed by atoms with E-state index in [-0.39, 0.29) is 11.9 Å². The molecule has 0 aliphatic heterocycles. The maximum Gasteiger partial charge on any atom is 0.261 e. The number of ether oxygens (including phenoxy) is 1. The lowest BCUT2D eigenvalue weighted by Gasteiger charge is -2.22. The Morgan fingerprint density at radius 2 is 1.84 bits per heavy atom. The number of halogens is 1. The van der Waals surface area contributed by atoms with Gasteiger partial charge in [0.25, 0.3) is 5.91 Å². The van der Waals surface area contributed by atoms with E-state index >= 15 is 0 Å². The van der Waals surface area contributed by atoms with Gasteiger partial charge in [-0.05, 0) is 69.0 Å². The molecule has 0 aromatic heterocycles. The van der Waals surface area contributed by atoms with Crippen molar-refractivity contribution in [1.29, 1.82) is 0 Å². The molecule has 0 spiro atoms. The summed E-state index contributed by atoms with van der Waals surface area (Å²) in [6.45, 7) is 9.98. The number of rotatable bonds is 6. The summed E-state index contributed by atoms with van der Waals surface area (Å²) in [6.07, 6.45) is 0.0568. The van der Waals surface area contributed by atoms with E-state index < -0.39 is 6.10 Å². The van der Waals surface area contributed by atoms with Crippen LogP contribution in [0, 0.1) is 20.8 Å². The lowest BCUT2D eigenvalue weighted by molar-refractivity contribution is -0.128. The van der Waals surface area contributed by atoms with Crippen LogP contribution in [0.4, 0.5) is 0 Å². The third-order valence-electron chi connectivity index (χ3n) is 4.32. The topological polar surface area (TPSA) is 38.3 Å². The molecule has 2 atom stereocenters. The van der Waals surface area contributed by atoms with E-state index in [1.807, 2.05) is 26.8 Å². The van der Waals surface area contributed by atoms with Crippen LogP contribution in [-0.2, 0) is 4.79 Å². The SMILES string of the molecule is CCC(Oc1ccc(Cl)c(C)c1)C(=O)NC(C)c1ccc(C)cc1C. The molecular formula is C21H26ClNO2. The lowest BCUT2D eigenvalue weighted by atomic mass is 10.00. The smallest absolute Gasteiger partial charge is 0.261 e. The van der Waals surface area contributed by atoms with E-state index in [1.54, 1.807) is 12.1 Å². The van der Waals surface area contributed by atoms with Crippen LogP contribution >= 0.6 is 11.6 Å². The second-order valence-electron chi connectivity index (χ2n) is 6.52. The molecule has 0 radical (unpaired) electrons. The van der Waals surface area contributed by atoms with Crippen LogP contribution in [0.3, 0.4) is 0 Å². The summed E-state index contributed by atoms with van der Waals surface area (Å²) < 4.78 is 5.88. The molecule has 0 aliphatic rings. The summed E-state index contributed by atoms with van der Waals surface area (Å²) in [5, 5.41) is 3.75. The first-order chi connectivity index (χ1) is 11.8. The predicted octanol–water partition coefficient (Wildman–Crippen LogP) is 5.30. The van der Waals surface area contributed by atoms with Gasteiger partial charge in [-0.15, -0.1) is 0 Å². The molecule has 134 valence electrons. The predicted molar refractivity (Wildman–Crippen MR) is 103 cm³/mol. The molecule has 1 amide bonds. The van der Waals surface area contributed by atoms with Gasteiger partial charge in [-0.3, -0.25) is 4.79 Å². The highest BCUT2D eigenvalue weighted by Crippen LogP contribution is 2.23. The minimum absolute atomic E-state index is 0.0716. The Labute approximate surface area is 155 Å². The number of aryl methyl sites for hydroxylation is 3. The van der Waals surface area contributed by atoms with Crippen molar-refractivity contribution in [3.05, 3.63) is 63.7 Å². The van der Waals surface area contributed by atoms with E-state index in [0.717, 1.165) is 11.1 Å². The van der Waals surface area contributed by atoms with E-state index in [1.165, 1.54) is 11.1 Å². The molecule has 4 heteroatoms. The zero-order chi connectivity index (χ0) is 18.6. The highest BCUT2D eigenvalue weighted by molar-refractivity contribution is 6.31. The maximum atomic E-state index is 12.6. The number of hydrogen-bond acceptors (Lipinski definition) is 2. The van der Waals surface area contributed by atoms with Gasteiger partial charge < -0.3 is 10.1 Å². The molecule has 0 saturated carbocycles. The van der Waals surface area contributed by atoms with Gasteiger partial charge >= 0.3 is 0 Å². The van der Waals surface area contributed by atoms with Crippen LogP contribution in [0.25, 0.3) is 0 Å². The van der Waals surface area contributed by atoms with Crippen molar-refractivity contribution in [2.24, 2.45) is 0 Å². The second-order valence-corrected chi connectivity index (χ2v) is 6.92. The first-order valence-corrected chi connectivity index (χ1v) is 9.00. The molecule has 0 saturated heterocycles. The number of carbonyl (C=O) groups excluding carboxylic acids is 1.